The summed E-state index contributed by atoms with van der Waals surface area (Å²) in [6, 6.07) is 6.18. The Morgan fingerprint density at radius 1 is 1.21 bits per heavy atom. The van der Waals surface area contributed by atoms with Gasteiger partial charge in [-0.1, -0.05) is 25.6 Å². The second-order valence-electron chi connectivity index (χ2n) is 8.51. The van der Waals surface area contributed by atoms with Crippen molar-refractivity contribution in [1.29, 1.82) is 0 Å². The van der Waals surface area contributed by atoms with Crippen LogP contribution in [0.25, 0.3) is 16.9 Å². The van der Waals surface area contributed by atoms with E-state index in [1.54, 1.807) is 12.5 Å². The second-order valence-corrected chi connectivity index (χ2v) is 13.3. The van der Waals surface area contributed by atoms with Crippen LogP contribution in [-0.2, 0) is 4.74 Å². The highest BCUT2D eigenvalue weighted by Gasteiger charge is 2.16. The van der Waals surface area contributed by atoms with Crippen LogP contribution in [0.1, 0.15) is 18.4 Å². The van der Waals surface area contributed by atoms with E-state index in [9.17, 15) is 0 Å². The van der Waals surface area contributed by atoms with E-state index in [0.717, 1.165) is 54.9 Å². The van der Waals surface area contributed by atoms with Crippen molar-refractivity contribution in [3.8, 4) is 17.4 Å². The molecule has 4 rings (SSSR count). The average Bonchev–Trinajstić information content (AvgIpc) is 3.25. The van der Waals surface area contributed by atoms with Gasteiger partial charge in [-0.05, 0) is 37.0 Å². The lowest BCUT2D eigenvalue weighted by Gasteiger charge is -2.22. The molecule has 0 amide bonds. The second kappa shape index (κ2) is 8.35. The molecule has 0 spiro atoms. The van der Waals surface area contributed by atoms with Crippen LogP contribution in [0.15, 0.2) is 36.9 Å². The predicted molar refractivity (Wildman–Crippen MR) is 119 cm³/mol. The van der Waals surface area contributed by atoms with Crippen LogP contribution in [0.5, 0.6) is 0 Å². The number of fused-ring (bicyclic) bond motifs is 1. The van der Waals surface area contributed by atoms with Crippen molar-refractivity contribution < 1.29 is 4.74 Å². The van der Waals surface area contributed by atoms with E-state index < -0.39 is 8.07 Å². The minimum absolute atomic E-state index is 0.598. The van der Waals surface area contributed by atoms with Crippen molar-refractivity contribution in [2.24, 2.45) is 5.92 Å². The Morgan fingerprint density at radius 2 is 2.03 bits per heavy atom. The first kappa shape index (κ1) is 19.6. The van der Waals surface area contributed by atoms with Gasteiger partial charge in [0.2, 0.25) is 5.95 Å². The molecular formula is C22H27N5OSi. The number of hydrogen-bond donors (Lipinski definition) is 1. The Balaban J connectivity index is 1.71. The average molecular weight is 406 g/mol. The summed E-state index contributed by atoms with van der Waals surface area (Å²) in [5, 5.41) is 4.58. The van der Waals surface area contributed by atoms with Crippen molar-refractivity contribution in [2.75, 3.05) is 25.1 Å². The number of benzene rings is 1. The van der Waals surface area contributed by atoms with Crippen LogP contribution in [0.4, 0.5) is 5.82 Å². The van der Waals surface area contributed by atoms with Crippen LogP contribution in [0.2, 0.25) is 19.6 Å². The standard InChI is InChI=1S/C22H27N5OSi/c1-29(2,3)13-8-17-4-5-20-19(14-17)21(24-15-18-6-11-28-12-7-18)26-22(25-20)27-10-9-23-16-27/h4-5,9-10,14,16,18H,6-7,11-12,15H2,1-3H3,(H,24,25,26). The molecular weight excluding hydrogens is 378 g/mol. The van der Waals surface area contributed by atoms with Gasteiger partial charge in [-0.15, -0.1) is 5.54 Å². The molecule has 0 bridgehead atoms. The minimum Gasteiger partial charge on any atom is -0.381 e. The first-order chi connectivity index (χ1) is 14.0. The highest BCUT2D eigenvalue weighted by molar-refractivity contribution is 6.83. The van der Waals surface area contributed by atoms with Crippen molar-refractivity contribution in [3.63, 3.8) is 0 Å². The summed E-state index contributed by atoms with van der Waals surface area (Å²) in [6.45, 7) is 9.32. The normalized spacial score (nSPS) is 15.1. The van der Waals surface area contributed by atoms with Crippen molar-refractivity contribution in [1.82, 2.24) is 19.5 Å². The van der Waals surface area contributed by atoms with Crippen LogP contribution in [-0.4, -0.2) is 47.4 Å². The molecule has 1 N–H and O–H groups in total. The Kier molecular flexibility index (Phi) is 5.65. The monoisotopic (exact) mass is 405 g/mol. The van der Waals surface area contributed by atoms with E-state index in [2.05, 4.69) is 47.5 Å². The topological polar surface area (TPSA) is 64.9 Å². The summed E-state index contributed by atoms with van der Waals surface area (Å²) < 4.78 is 7.32. The lowest BCUT2D eigenvalue weighted by Crippen LogP contribution is -2.23. The number of nitrogens with one attached hydrogen (secondary N) is 1. The molecule has 6 nitrogen and oxygen atoms in total. The van der Waals surface area contributed by atoms with Crippen molar-refractivity contribution >= 4 is 24.8 Å². The Hall–Kier alpha value is -2.69. The summed E-state index contributed by atoms with van der Waals surface area (Å²) in [5.74, 6) is 5.41. The molecule has 2 aromatic heterocycles. The summed E-state index contributed by atoms with van der Waals surface area (Å²) in [6.07, 6.45) is 7.47. The van der Waals surface area contributed by atoms with E-state index in [1.165, 1.54) is 0 Å². The summed E-state index contributed by atoms with van der Waals surface area (Å²) >= 11 is 0. The van der Waals surface area contributed by atoms with E-state index >= 15 is 0 Å². The lowest BCUT2D eigenvalue weighted by atomic mass is 10.0. The molecule has 1 fully saturated rings. The molecule has 3 heterocycles. The Morgan fingerprint density at radius 3 is 2.76 bits per heavy atom. The van der Waals surface area contributed by atoms with Crippen LogP contribution in [0, 0.1) is 17.4 Å². The minimum atomic E-state index is -1.43. The molecule has 7 heteroatoms. The number of nitrogens with zero attached hydrogens (tertiary/aromatic N) is 4. The molecule has 0 aliphatic carbocycles. The van der Waals surface area contributed by atoms with Crippen molar-refractivity contribution in [3.05, 3.63) is 42.5 Å². The van der Waals surface area contributed by atoms with Gasteiger partial charge >= 0.3 is 0 Å². The molecule has 1 aliphatic heterocycles. The smallest absolute Gasteiger partial charge is 0.237 e. The molecule has 0 unspecified atom stereocenters. The third kappa shape index (κ3) is 5.02. The summed E-state index contributed by atoms with van der Waals surface area (Å²) in [4.78, 5) is 13.7. The number of hydrogen-bond acceptors (Lipinski definition) is 5. The molecule has 3 aromatic rings. The van der Waals surface area contributed by atoms with Gasteiger partial charge in [0, 0.05) is 43.1 Å². The van der Waals surface area contributed by atoms with Gasteiger partial charge in [0.15, 0.2) is 0 Å². The van der Waals surface area contributed by atoms with E-state index in [1.807, 2.05) is 22.9 Å². The van der Waals surface area contributed by atoms with Gasteiger partial charge in [0.1, 0.15) is 20.2 Å². The fourth-order valence-corrected chi connectivity index (χ4v) is 3.79. The van der Waals surface area contributed by atoms with Crippen LogP contribution in [0.3, 0.4) is 0 Å². The largest absolute Gasteiger partial charge is 0.381 e. The van der Waals surface area contributed by atoms with E-state index in [-0.39, 0.29) is 0 Å². The molecule has 1 aliphatic rings. The van der Waals surface area contributed by atoms with Gasteiger partial charge < -0.3 is 10.1 Å². The number of imidazole rings is 1. The SMILES string of the molecule is C[Si](C)(C)C#Cc1ccc2nc(-n3ccnc3)nc(NCC3CCOCC3)c2c1. The van der Waals surface area contributed by atoms with Crippen molar-refractivity contribution in [2.45, 2.75) is 32.5 Å². The van der Waals surface area contributed by atoms with Crippen LogP contribution >= 0.6 is 0 Å². The quantitative estimate of drug-likeness (QED) is 0.527. The fourth-order valence-electron chi connectivity index (χ4n) is 3.27. The molecule has 1 saturated heterocycles. The first-order valence-corrected chi connectivity index (χ1v) is 13.6. The van der Waals surface area contributed by atoms with Crippen LogP contribution < -0.4 is 5.32 Å². The number of aromatic nitrogens is 4. The zero-order valence-corrected chi connectivity index (χ0v) is 18.3. The van der Waals surface area contributed by atoms with Gasteiger partial charge in [0.25, 0.3) is 0 Å². The van der Waals surface area contributed by atoms with Gasteiger partial charge in [-0.25, -0.2) is 9.97 Å². The predicted octanol–water partition coefficient (Wildman–Crippen LogP) is 3.88. The Labute approximate surface area is 172 Å². The zero-order chi connectivity index (χ0) is 20.3. The van der Waals surface area contributed by atoms with E-state index in [0.29, 0.717) is 11.9 Å². The molecule has 0 saturated carbocycles. The molecule has 1 aromatic carbocycles. The maximum atomic E-state index is 5.48. The maximum Gasteiger partial charge on any atom is 0.237 e. The zero-order valence-electron chi connectivity index (χ0n) is 17.3. The van der Waals surface area contributed by atoms with E-state index in [4.69, 9.17) is 14.7 Å². The van der Waals surface area contributed by atoms with Gasteiger partial charge in [0.05, 0.1) is 5.52 Å². The maximum absolute atomic E-state index is 5.48. The summed E-state index contributed by atoms with van der Waals surface area (Å²) in [5.41, 5.74) is 5.35. The number of anilines is 1. The highest BCUT2D eigenvalue weighted by Crippen LogP contribution is 2.24. The first-order valence-electron chi connectivity index (χ1n) is 10.1. The molecule has 150 valence electrons. The highest BCUT2D eigenvalue weighted by atomic mass is 28.3. The third-order valence-electron chi connectivity index (χ3n) is 4.90. The third-order valence-corrected chi connectivity index (χ3v) is 5.78. The van der Waals surface area contributed by atoms with Gasteiger partial charge in [-0.2, -0.15) is 4.98 Å². The fraction of sp³-hybridized carbons (Fsp3) is 0.409. The molecule has 0 radical (unpaired) electrons. The lowest BCUT2D eigenvalue weighted by molar-refractivity contribution is 0.0699. The number of ether oxygens (including phenoxy) is 1. The Bertz CT molecular complexity index is 1040. The van der Waals surface area contributed by atoms with Gasteiger partial charge in [-0.3, -0.25) is 4.57 Å². The molecule has 29 heavy (non-hydrogen) atoms. The number of rotatable bonds is 4. The summed E-state index contributed by atoms with van der Waals surface area (Å²) in [7, 11) is -1.43. The molecule has 0 atom stereocenters.